The number of carbonyl (C=O) groups excluding carboxylic acids is 1. The van der Waals surface area contributed by atoms with Crippen LogP contribution in [0.5, 0.6) is 0 Å². The van der Waals surface area contributed by atoms with E-state index in [0.29, 0.717) is 23.6 Å². The summed E-state index contributed by atoms with van der Waals surface area (Å²) in [7, 11) is -3.57. The van der Waals surface area contributed by atoms with Gasteiger partial charge in [-0.05, 0) is 37.0 Å². The normalized spacial score (nSPS) is 14.0. The summed E-state index contributed by atoms with van der Waals surface area (Å²) in [6, 6.07) is 6.34. The Morgan fingerprint density at radius 2 is 1.78 bits per heavy atom. The highest BCUT2D eigenvalue weighted by Gasteiger charge is 2.26. The van der Waals surface area contributed by atoms with Gasteiger partial charge in [0, 0.05) is 17.6 Å². The van der Waals surface area contributed by atoms with Crippen LogP contribution >= 0.6 is 12.4 Å². The molecule has 1 rings (SSSR count). The lowest BCUT2D eigenvalue weighted by Gasteiger charge is -2.31. The first-order valence-electron chi connectivity index (χ1n) is 7.17. The Labute approximate surface area is 144 Å². The zero-order valence-corrected chi connectivity index (χ0v) is 15.3. The van der Waals surface area contributed by atoms with Crippen molar-refractivity contribution in [2.75, 3.05) is 6.54 Å². The van der Waals surface area contributed by atoms with Gasteiger partial charge in [0.25, 0.3) is 5.91 Å². The van der Waals surface area contributed by atoms with Gasteiger partial charge in [-0.2, -0.15) is 0 Å². The lowest BCUT2D eigenvalue weighted by atomic mass is 9.90. The van der Waals surface area contributed by atoms with Crippen LogP contribution in [0.15, 0.2) is 24.3 Å². The van der Waals surface area contributed by atoms with Gasteiger partial charge in [0.1, 0.15) is 0 Å². The van der Waals surface area contributed by atoms with Gasteiger partial charge < -0.3 is 11.1 Å². The van der Waals surface area contributed by atoms with E-state index in [4.69, 9.17) is 10.9 Å². The van der Waals surface area contributed by atoms with Gasteiger partial charge in [0.2, 0.25) is 10.0 Å². The fraction of sp³-hybridized carbons (Fsp3) is 0.533. The quantitative estimate of drug-likeness (QED) is 0.678. The molecule has 0 heterocycles. The summed E-state index contributed by atoms with van der Waals surface area (Å²) in [6.45, 7) is 6.41. The molecule has 1 amide bonds. The fourth-order valence-electron chi connectivity index (χ4n) is 2.42. The number of nitrogens with two attached hydrogens (primary N) is 2. The molecule has 0 fully saturated rings. The highest BCUT2D eigenvalue weighted by molar-refractivity contribution is 7.88. The Kier molecular flexibility index (Phi) is 8.20. The third-order valence-corrected chi connectivity index (χ3v) is 4.04. The molecule has 1 aromatic carbocycles. The average Bonchev–Trinajstić information content (AvgIpc) is 2.36. The van der Waals surface area contributed by atoms with Crippen molar-refractivity contribution in [2.45, 2.75) is 38.5 Å². The van der Waals surface area contributed by atoms with Crippen LogP contribution in [0.2, 0.25) is 0 Å². The van der Waals surface area contributed by atoms with E-state index in [9.17, 15) is 13.2 Å². The lowest BCUT2D eigenvalue weighted by molar-refractivity contribution is 0.0898. The summed E-state index contributed by atoms with van der Waals surface area (Å²) in [6.07, 6.45) is 0.777. The summed E-state index contributed by atoms with van der Waals surface area (Å²) in [4.78, 5) is 12.3. The first-order chi connectivity index (χ1) is 10.0. The number of hydrogen-bond donors (Lipinski definition) is 3. The molecule has 0 aromatic heterocycles. The molecule has 0 saturated heterocycles. The van der Waals surface area contributed by atoms with Gasteiger partial charge in [-0.15, -0.1) is 12.4 Å². The first-order valence-corrected chi connectivity index (χ1v) is 8.88. The Hall–Kier alpha value is -1.15. The fourth-order valence-corrected chi connectivity index (χ4v) is 3.07. The third kappa shape index (κ3) is 7.78. The minimum Gasteiger partial charge on any atom is -0.346 e. The van der Waals surface area contributed by atoms with Gasteiger partial charge in [0.15, 0.2) is 0 Å². The SMILES string of the molecule is CC(C)CC(C)(CN)NC(=O)c1ccc(CS(N)(=O)=O)cc1.Cl. The molecule has 6 nitrogen and oxygen atoms in total. The topological polar surface area (TPSA) is 115 Å². The zero-order chi connectivity index (χ0) is 17.0. The summed E-state index contributed by atoms with van der Waals surface area (Å²) in [5.74, 6) is -0.0651. The Balaban J connectivity index is 0.00000484. The van der Waals surface area contributed by atoms with E-state index in [1.165, 1.54) is 0 Å². The molecule has 0 bridgehead atoms. The molecule has 23 heavy (non-hydrogen) atoms. The minimum absolute atomic E-state index is 0. The molecule has 132 valence electrons. The predicted molar refractivity (Wildman–Crippen MR) is 94.9 cm³/mol. The van der Waals surface area contributed by atoms with Crippen molar-refractivity contribution in [2.24, 2.45) is 16.8 Å². The van der Waals surface area contributed by atoms with Crippen molar-refractivity contribution in [1.82, 2.24) is 5.32 Å². The molecule has 8 heteroatoms. The van der Waals surface area contributed by atoms with Gasteiger partial charge in [0.05, 0.1) is 5.75 Å². The second kappa shape index (κ2) is 8.63. The molecule has 0 radical (unpaired) electrons. The highest BCUT2D eigenvalue weighted by atomic mass is 35.5. The number of rotatable bonds is 7. The molecule has 1 aromatic rings. The van der Waals surface area contributed by atoms with E-state index in [2.05, 4.69) is 19.2 Å². The number of carbonyl (C=O) groups is 1. The van der Waals surface area contributed by atoms with Crippen LogP contribution in [-0.2, 0) is 15.8 Å². The monoisotopic (exact) mass is 363 g/mol. The molecule has 0 aliphatic heterocycles. The van der Waals surface area contributed by atoms with E-state index < -0.39 is 15.6 Å². The first kappa shape index (κ1) is 21.9. The highest BCUT2D eigenvalue weighted by Crippen LogP contribution is 2.16. The van der Waals surface area contributed by atoms with Gasteiger partial charge in [-0.3, -0.25) is 4.79 Å². The number of hydrogen-bond acceptors (Lipinski definition) is 4. The molecule has 1 unspecified atom stereocenters. The lowest BCUT2D eigenvalue weighted by Crippen LogP contribution is -2.52. The number of sulfonamides is 1. The van der Waals surface area contributed by atoms with E-state index in [-0.39, 0.29) is 24.1 Å². The van der Waals surface area contributed by atoms with Crippen LogP contribution in [-0.4, -0.2) is 26.4 Å². The zero-order valence-electron chi connectivity index (χ0n) is 13.7. The van der Waals surface area contributed by atoms with Crippen LogP contribution in [0.25, 0.3) is 0 Å². The summed E-state index contributed by atoms with van der Waals surface area (Å²) in [5.41, 5.74) is 6.32. The summed E-state index contributed by atoms with van der Waals surface area (Å²) >= 11 is 0. The number of halogens is 1. The van der Waals surface area contributed by atoms with Crippen molar-refractivity contribution in [3.63, 3.8) is 0 Å². The maximum atomic E-state index is 12.3. The minimum atomic E-state index is -3.57. The maximum Gasteiger partial charge on any atom is 0.251 e. The van der Waals surface area contributed by atoms with E-state index in [1.807, 2.05) is 6.92 Å². The van der Waals surface area contributed by atoms with Crippen LogP contribution in [0.3, 0.4) is 0 Å². The maximum absolute atomic E-state index is 12.3. The van der Waals surface area contributed by atoms with Gasteiger partial charge in [-0.1, -0.05) is 26.0 Å². The van der Waals surface area contributed by atoms with E-state index >= 15 is 0 Å². The molecule has 0 aliphatic carbocycles. The van der Waals surface area contributed by atoms with Gasteiger partial charge >= 0.3 is 0 Å². The van der Waals surface area contributed by atoms with E-state index in [0.717, 1.165) is 6.42 Å². The van der Waals surface area contributed by atoms with Crippen molar-refractivity contribution in [1.29, 1.82) is 0 Å². The van der Waals surface area contributed by atoms with Crippen LogP contribution in [0.4, 0.5) is 0 Å². The third-order valence-electron chi connectivity index (χ3n) is 3.31. The molecule has 1 atom stereocenters. The molecule has 5 N–H and O–H groups in total. The number of primary sulfonamides is 1. The van der Waals surface area contributed by atoms with Gasteiger partial charge in [-0.25, -0.2) is 13.6 Å². The smallest absolute Gasteiger partial charge is 0.251 e. The van der Waals surface area contributed by atoms with Crippen LogP contribution in [0.1, 0.15) is 43.1 Å². The largest absolute Gasteiger partial charge is 0.346 e. The second-order valence-electron chi connectivity index (χ2n) is 6.32. The number of amides is 1. The van der Waals surface area contributed by atoms with Crippen LogP contribution < -0.4 is 16.2 Å². The Bertz CT molecular complexity index is 617. The average molecular weight is 364 g/mol. The van der Waals surface area contributed by atoms with E-state index in [1.54, 1.807) is 24.3 Å². The van der Waals surface area contributed by atoms with Crippen molar-refractivity contribution >= 4 is 28.3 Å². The predicted octanol–water partition coefficient (Wildman–Crippen LogP) is 1.39. The Morgan fingerprint density at radius 1 is 1.26 bits per heavy atom. The van der Waals surface area contributed by atoms with Crippen LogP contribution in [0, 0.1) is 5.92 Å². The summed E-state index contributed by atoms with van der Waals surface area (Å²) < 4.78 is 22.1. The number of benzene rings is 1. The van der Waals surface area contributed by atoms with Crippen molar-refractivity contribution in [3.8, 4) is 0 Å². The van der Waals surface area contributed by atoms with Crippen molar-refractivity contribution < 1.29 is 13.2 Å². The molecule has 0 aliphatic rings. The molecular formula is C15H26ClN3O3S. The molecular weight excluding hydrogens is 338 g/mol. The standard InChI is InChI=1S/C15H25N3O3S.ClH/c1-11(2)8-15(3,10-16)18-14(19)13-6-4-12(5-7-13)9-22(17,20)21;/h4-7,11H,8-10,16H2,1-3H3,(H,18,19)(H2,17,20,21);1H. The van der Waals surface area contributed by atoms with Crippen molar-refractivity contribution in [3.05, 3.63) is 35.4 Å². The molecule has 0 spiro atoms. The Morgan fingerprint density at radius 3 is 2.17 bits per heavy atom. The second-order valence-corrected chi connectivity index (χ2v) is 7.94. The molecule has 0 saturated carbocycles. The summed E-state index contributed by atoms with van der Waals surface area (Å²) in [5, 5.41) is 7.94. The number of nitrogens with one attached hydrogen (secondary N) is 1.